The minimum Gasteiger partial charge on any atom is -0.452 e. The Labute approximate surface area is 132 Å². The van der Waals surface area contributed by atoms with Gasteiger partial charge in [0.1, 0.15) is 0 Å². The van der Waals surface area contributed by atoms with Crippen molar-refractivity contribution in [2.45, 2.75) is 38.6 Å². The van der Waals surface area contributed by atoms with Gasteiger partial charge in [0, 0.05) is 29.5 Å². The Kier molecular flexibility index (Phi) is 5.73. The molecule has 6 heteroatoms. The van der Waals surface area contributed by atoms with E-state index in [1.165, 1.54) is 6.20 Å². The van der Waals surface area contributed by atoms with Crippen molar-refractivity contribution in [2.75, 3.05) is 13.2 Å². The van der Waals surface area contributed by atoms with Crippen LogP contribution < -0.4 is 0 Å². The third-order valence-electron chi connectivity index (χ3n) is 3.69. The number of halogens is 1. The zero-order valence-electron chi connectivity index (χ0n) is 12.0. The summed E-state index contributed by atoms with van der Waals surface area (Å²) in [6.45, 7) is 2.63. The van der Waals surface area contributed by atoms with E-state index in [0.29, 0.717) is 10.0 Å². The summed E-state index contributed by atoms with van der Waals surface area (Å²) in [4.78, 5) is 29.8. The number of carbonyl (C=O) groups excluding carboxylic acids is 2. The Balaban J connectivity index is 1.90. The number of ether oxygens (including phenoxy) is 1. The number of hydrogen-bond donors (Lipinski definition) is 0. The Morgan fingerprint density at radius 3 is 2.95 bits per heavy atom. The van der Waals surface area contributed by atoms with Gasteiger partial charge in [0.05, 0.1) is 5.56 Å². The lowest BCUT2D eigenvalue weighted by Crippen LogP contribution is -2.45. The minimum atomic E-state index is -0.526. The van der Waals surface area contributed by atoms with Crippen molar-refractivity contribution in [3.8, 4) is 0 Å². The number of amides is 1. The van der Waals surface area contributed by atoms with Crippen LogP contribution in [0.1, 0.15) is 43.0 Å². The number of likely N-dealkylation sites (tertiary alicyclic amines) is 1. The van der Waals surface area contributed by atoms with Crippen LogP contribution in [-0.4, -0.2) is 41.0 Å². The molecule has 114 valence electrons. The molecule has 0 saturated carbocycles. The van der Waals surface area contributed by atoms with Gasteiger partial charge >= 0.3 is 5.97 Å². The molecule has 1 amide bonds. The van der Waals surface area contributed by atoms with E-state index < -0.39 is 5.97 Å². The van der Waals surface area contributed by atoms with Crippen molar-refractivity contribution in [3.63, 3.8) is 0 Å². The van der Waals surface area contributed by atoms with E-state index in [4.69, 9.17) is 4.74 Å². The Morgan fingerprint density at radius 2 is 2.24 bits per heavy atom. The van der Waals surface area contributed by atoms with Crippen LogP contribution in [0.25, 0.3) is 0 Å². The first-order valence-corrected chi connectivity index (χ1v) is 7.98. The molecular weight excluding hydrogens is 336 g/mol. The second-order valence-corrected chi connectivity index (χ2v) is 6.03. The first kappa shape index (κ1) is 15.9. The maximum absolute atomic E-state index is 12.2. The lowest BCUT2D eigenvalue weighted by molar-refractivity contribution is -0.138. The zero-order chi connectivity index (χ0) is 15.2. The van der Waals surface area contributed by atoms with Gasteiger partial charge in [0.25, 0.3) is 5.91 Å². The number of pyridine rings is 1. The number of aromatic nitrogens is 1. The topological polar surface area (TPSA) is 59.5 Å². The fraction of sp³-hybridized carbons (Fsp3) is 0.533. The standard InChI is InChI=1S/C15H19BrN2O3/c1-2-13-5-3-4-6-18(13)14(19)10-21-15(20)11-7-12(16)9-17-8-11/h7-9,13H,2-6,10H2,1H3. The van der Waals surface area contributed by atoms with E-state index in [2.05, 4.69) is 27.8 Å². The van der Waals surface area contributed by atoms with Crippen LogP contribution in [0.4, 0.5) is 0 Å². The van der Waals surface area contributed by atoms with Crippen LogP contribution in [0.2, 0.25) is 0 Å². The molecule has 21 heavy (non-hydrogen) atoms. The highest BCUT2D eigenvalue weighted by molar-refractivity contribution is 9.10. The van der Waals surface area contributed by atoms with Gasteiger partial charge in [-0.1, -0.05) is 6.92 Å². The fourth-order valence-corrected chi connectivity index (χ4v) is 2.94. The Hall–Kier alpha value is -1.43. The maximum Gasteiger partial charge on any atom is 0.340 e. The molecule has 1 aromatic heterocycles. The minimum absolute atomic E-state index is 0.113. The molecule has 0 aromatic carbocycles. The second-order valence-electron chi connectivity index (χ2n) is 5.11. The molecule has 0 aliphatic carbocycles. The van der Waals surface area contributed by atoms with E-state index in [1.807, 2.05) is 4.90 Å². The summed E-state index contributed by atoms with van der Waals surface area (Å²) in [5, 5.41) is 0. The Bertz CT molecular complexity index is 521. The Morgan fingerprint density at radius 1 is 1.43 bits per heavy atom. The van der Waals surface area contributed by atoms with Crippen molar-refractivity contribution in [1.82, 2.24) is 9.88 Å². The number of piperidine rings is 1. The summed E-state index contributed by atoms with van der Waals surface area (Å²) >= 11 is 3.24. The largest absolute Gasteiger partial charge is 0.452 e. The lowest BCUT2D eigenvalue weighted by atomic mass is 10.00. The van der Waals surface area contributed by atoms with E-state index in [0.717, 1.165) is 32.2 Å². The zero-order valence-corrected chi connectivity index (χ0v) is 13.6. The van der Waals surface area contributed by atoms with Gasteiger partial charge < -0.3 is 9.64 Å². The monoisotopic (exact) mass is 354 g/mol. The molecule has 1 aliphatic rings. The molecule has 1 unspecified atom stereocenters. The van der Waals surface area contributed by atoms with Crippen molar-refractivity contribution in [3.05, 3.63) is 28.5 Å². The fourth-order valence-electron chi connectivity index (χ4n) is 2.57. The van der Waals surface area contributed by atoms with Crippen LogP contribution in [0.5, 0.6) is 0 Å². The molecule has 1 aromatic rings. The molecule has 0 bridgehead atoms. The number of hydrogen-bond acceptors (Lipinski definition) is 4. The highest BCUT2D eigenvalue weighted by Gasteiger charge is 2.26. The molecule has 1 aliphatic heterocycles. The molecule has 0 spiro atoms. The average Bonchev–Trinajstić information content (AvgIpc) is 2.52. The molecular formula is C15H19BrN2O3. The van der Waals surface area contributed by atoms with Crippen LogP contribution in [0.3, 0.4) is 0 Å². The van der Waals surface area contributed by atoms with Gasteiger partial charge in [0.15, 0.2) is 6.61 Å². The molecule has 1 atom stereocenters. The van der Waals surface area contributed by atoms with Gasteiger partial charge in [0.2, 0.25) is 0 Å². The molecule has 2 rings (SSSR count). The molecule has 1 saturated heterocycles. The molecule has 1 fully saturated rings. The SMILES string of the molecule is CCC1CCCCN1C(=O)COC(=O)c1cncc(Br)c1. The number of carbonyl (C=O) groups is 2. The summed E-state index contributed by atoms with van der Waals surface area (Å²) in [5.41, 5.74) is 0.336. The first-order chi connectivity index (χ1) is 10.1. The third-order valence-corrected chi connectivity index (χ3v) is 4.12. The highest BCUT2D eigenvalue weighted by atomic mass is 79.9. The van der Waals surface area contributed by atoms with E-state index >= 15 is 0 Å². The van der Waals surface area contributed by atoms with Crippen molar-refractivity contribution in [2.24, 2.45) is 0 Å². The van der Waals surface area contributed by atoms with Gasteiger partial charge in [-0.3, -0.25) is 9.78 Å². The molecule has 2 heterocycles. The predicted molar refractivity (Wildman–Crippen MR) is 81.9 cm³/mol. The summed E-state index contributed by atoms with van der Waals surface area (Å²) in [6.07, 6.45) is 7.16. The van der Waals surface area contributed by atoms with Crippen LogP contribution in [0.15, 0.2) is 22.9 Å². The second kappa shape index (κ2) is 7.54. The molecule has 0 radical (unpaired) electrons. The van der Waals surface area contributed by atoms with Gasteiger partial charge in [-0.05, 0) is 47.7 Å². The number of nitrogens with zero attached hydrogens (tertiary/aromatic N) is 2. The van der Waals surface area contributed by atoms with Crippen molar-refractivity contribution < 1.29 is 14.3 Å². The summed E-state index contributed by atoms with van der Waals surface area (Å²) in [5.74, 6) is -0.639. The third kappa shape index (κ3) is 4.27. The summed E-state index contributed by atoms with van der Waals surface area (Å²) < 4.78 is 5.80. The van der Waals surface area contributed by atoms with Crippen molar-refractivity contribution >= 4 is 27.8 Å². The number of rotatable bonds is 4. The van der Waals surface area contributed by atoms with Crippen LogP contribution >= 0.6 is 15.9 Å². The van der Waals surface area contributed by atoms with Gasteiger partial charge in [-0.15, -0.1) is 0 Å². The van der Waals surface area contributed by atoms with E-state index in [-0.39, 0.29) is 18.6 Å². The summed E-state index contributed by atoms with van der Waals surface area (Å²) in [6, 6.07) is 1.90. The average molecular weight is 355 g/mol. The summed E-state index contributed by atoms with van der Waals surface area (Å²) in [7, 11) is 0. The maximum atomic E-state index is 12.2. The van der Waals surface area contributed by atoms with Crippen molar-refractivity contribution in [1.29, 1.82) is 0 Å². The van der Waals surface area contributed by atoms with Gasteiger partial charge in [-0.2, -0.15) is 0 Å². The van der Waals surface area contributed by atoms with Crippen LogP contribution in [-0.2, 0) is 9.53 Å². The quantitative estimate of drug-likeness (QED) is 0.780. The predicted octanol–water partition coefficient (Wildman–Crippen LogP) is 2.79. The molecule has 5 nitrogen and oxygen atoms in total. The lowest BCUT2D eigenvalue weighted by Gasteiger charge is -2.35. The normalized spacial score (nSPS) is 18.4. The van der Waals surface area contributed by atoms with Crippen LogP contribution in [0, 0.1) is 0 Å². The van der Waals surface area contributed by atoms with Gasteiger partial charge in [-0.25, -0.2) is 4.79 Å². The first-order valence-electron chi connectivity index (χ1n) is 7.19. The molecule has 0 N–H and O–H groups in total. The van der Waals surface area contributed by atoms with E-state index in [1.54, 1.807) is 12.3 Å². The van der Waals surface area contributed by atoms with E-state index in [9.17, 15) is 9.59 Å². The number of esters is 1. The highest BCUT2D eigenvalue weighted by Crippen LogP contribution is 2.19. The smallest absolute Gasteiger partial charge is 0.340 e.